The number of likely N-dealkylation sites (N-methyl/N-ethyl adjacent to an activating group) is 1. The van der Waals surface area contributed by atoms with E-state index in [0.717, 1.165) is 31.3 Å². The summed E-state index contributed by atoms with van der Waals surface area (Å²) in [5.41, 5.74) is 0. The summed E-state index contributed by atoms with van der Waals surface area (Å²) in [5, 5.41) is 4.55. The largest absolute Gasteiger partial charge is 0.360 e. The van der Waals surface area contributed by atoms with Crippen LogP contribution in [0.1, 0.15) is 46.0 Å². The number of nitrogens with one attached hydrogen (secondary N) is 1. The minimum absolute atomic E-state index is 0.644. The van der Waals surface area contributed by atoms with Crippen LogP contribution in [0.3, 0.4) is 0 Å². The van der Waals surface area contributed by atoms with Crippen LogP contribution in [0.25, 0.3) is 0 Å². The lowest BCUT2D eigenvalue weighted by atomic mass is 10.2. The van der Waals surface area contributed by atoms with Crippen molar-refractivity contribution in [2.45, 2.75) is 58.0 Å². The van der Waals surface area contributed by atoms with E-state index in [9.17, 15) is 0 Å². The lowest BCUT2D eigenvalue weighted by molar-refractivity contribution is 0.223. The highest BCUT2D eigenvalue weighted by atomic mass is 32.1. The molecule has 0 aromatic heterocycles. The lowest BCUT2D eigenvalue weighted by Gasteiger charge is -2.27. The van der Waals surface area contributed by atoms with E-state index in [1.165, 1.54) is 32.1 Å². The maximum atomic E-state index is 5.56. The zero-order valence-corrected chi connectivity index (χ0v) is 12.6. The monoisotopic (exact) mass is 269 g/mol. The van der Waals surface area contributed by atoms with Gasteiger partial charge in [0, 0.05) is 25.2 Å². The molecule has 4 heteroatoms. The van der Waals surface area contributed by atoms with Crippen LogP contribution in [0.5, 0.6) is 0 Å². The van der Waals surface area contributed by atoms with Crippen LogP contribution >= 0.6 is 12.2 Å². The number of nitrogens with zero attached hydrogens (tertiary/aromatic N) is 2. The van der Waals surface area contributed by atoms with E-state index in [4.69, 9.17) is 12.2 Å². The molecule has 0 bridgehead atoms. The Bertz CT molecular complexity index is 272. The van der Waals surface area contributed by atoms with Gasteiger partial charge in [-0.3, -0.25) is 4.90 Å². The molecule has 0 aromatic rings. The summed E-state index contributed by atoms with van der Waals surface area (Å²) in [4.78, 5) is 4.93. The summed E-state index contributed by atoms with van der Waals surface area (Å²) in [6.07, 6.45) is 6.58. The highest BCUT2D eigenvalue weighted by Crippen LogP contribution is 2.20. The quantitative estimate of drug-likeness (QED) is 0.789. The Labute approximate surface area is 117 Å². The van der Waals surface area contributed by atoms with Gasteiger partial charge in [0.2, 0.25) is 0 Å². The van der Waals surface area contributed by atoms with Gasteiger partial charge in [-0.15, -0.1) is 0 Å². The van der Waals surface area contributed by atoms with Crippen LogP contribution < -0.4 is 5.32 Å². The van der Waals surface area contributed by atoms with E-state index in [0.29, 0.717) is 12.1 Å². The fraction of sp³-hybridized carbons (Fsp3) is 0.929. The van der Waals surface area contributed by atoms with Crippen LogP contribution in [0.4, 0.5) is 0 Å². The van der Waals surface area contributed by atoms with Crippen molar-refractivity contribution in [3.05, 3.63) is 0 Å². The highest BCUT2D eigenvalue weighted by molar-refractivity contribution is 7.80. The van der Waals surface area contributed by atoms with Gasteiger partial charge in [0.25, 0.3) is 0 Å². The second kappa shape index (κ2) is 6.71. The molecule has 0 spiro atoms. The number of likely N-dealkylation sites (tertiary alicyclic amines) is 1. The van der Waals surface area contributed by atoms with Crippen molar-refractivity contribution in [3.8, 4) is 0 Å². The Morgan fingerprint density at radius 1 is 1.22 bits per heavy atom. The maximum absolute atomic E-state index is 5.56. The first kappa shape index (κ1) is 14.1. The Balaban J connectivity index is 1.78. The predicted molar refractivity (Wildman–Crippen MR) is 80.9 cm³/mol. The number of rotatable bonds is 4. The molecule has 2 rings (SSSR count). The first-order valence-corrected chi connectivity index (χ1v) is 7.94. The molecule has 1 saturated carbocycles. The van der Waals surface area contributed by atoms with E-state index in [-0.39, 0.29) is 0 Å². The summed E-state index contributed by atoms with van der Waals surface area (Å²) >= 11 is 5.56. The second-order valence-electron chi connectivity index (χ2n) is 5.54. The van der Waals surface area contributed by atoms with E-state index >= 15 is 0 Å². The highest BCUT2D eigenvalue weighted by Gasteiger charge is 2.28. The molecule has 1 unspecified atom stereocenters. The molecular weight excluding hydrogens is 242 g/mol. The normalized spacial score (nSPS) is 25.1. The molecule has 1 aliphatic heterocycles. The second-order valence-corrected chi connectivity index (χ2v) is 5.93. The van der Waals surface area contributed by atoms with Gasteiger partial charge < -0.3 is 10.2 Å². The minimum atomic E-state index is 0.644. The molecule has 104 valence electrons. The molecule has 1 N–H and O–H groups in total. The molecule has 2 fully saturated rings. The Kier molecular flexibility index (Phi) is 5.25. The van der Waals surface area contributed by atoms with Crippen LogP contribution in [-0.2, 0) is 0 Å². The fourth-order valence-corrected chi connectivity index (χ4v) is 3.63. The van der Waals surface area contributed by atoms with Crippen LogP contribution in [0.15, 0.2) is 0 Å². The zero-order chi connectivity index (χ0) is 13.0. The average Bonchev–Trinajstić information content (AvgIpc) is 3.01. The van der Waals surface area contributed by atoms with Crippen molar-refractivity contribution in [2.24, 2.45) is 0 Å². The predicted octanol–water partition coefficient (Wildman–Crippen LogP) is 2.22. The van der Waals surface area contributed by atoms with Crippen LogP contribution in [0, 0.1) is 0 Å². The van der Waals surface area contributed by atoms with Gasteiger partial charge in [0.1, 0.15) is 0 Å². The van der Waals surface area contributed by atoms with E-state index in [1.54, 1.807) is 0 Å². The zero-order valence-electron chi connectivity index (χ0n) is 11.8. The molecule has 1 saturated heterocycles. The fourth-order valence-electron chi connectivity index (χ4n) is 3.30. The van der Waals surface area contributed by atoms with Gasteiger partial charge in [-0.1, -0.05) is 26.7 Å². The lowest BCUT2D eigenvalue weighted by Crippen LogP contribution is -2.44. The molecule has 18 heavy (non-hydrogen) atoms. The summed E-state index contributed by atoms with van der Waals surface area (Å²) in [6, 6.07) is 1.34. The smallest absolute Gasteiger partial charge is 0.169 e. The summed E-state index contributed by atoms with van der Waals surface area (Å²) in [5.74, 6) is 0. The molecule has 2 aliphatic rings. The third kappa shape index (κ3) is 3.35. The topological polar surface area (TPSA) is 18.5 Å². The van der Waals surface area contributed by atoms with Gasteiger partial charge in [-0.2, -0.15) is 0 Å². The molecular formula is C14H27N3S. The number of hydrogen-bond donors (Lipinski definition) is 1. The Hall–Kier alpha value is -0.350. The van der Waals surface area contributed by atoms with Crippen molar-refractivity contribution in [1.82, 2.24) is 15.1 Å². The number of thiocarbonyl (C=S) groups is 1. The molecule has 1 aliphatic carbocycles. The van der Waals surface area contributed by atoms with Crippen LogP contribution in [0.2, 0.25) is 0 Å². The standard InChI is InChI=1S/C14H27N3S/c1-3-16(4-2)13-9-10-17(11-13)14(18)15-12-7-5-6-8-12/h12-13H,3-11H2,1-2H3,(H,15,18). The van der Waals surface area contributed by atoms with E-state index in [1.807, 2.05) is 0 Å². The molecule has 0 aromatic carbocycles. The summed E-state index contributed by atoms with van der Waals surface area (Å²) in [7, 11) is 0. The average molecular weight is 269 g/mol. The Morgan fingerprint density at radius 2 is 1.89 bits per heavy atom. The van der Waals surface area contributed by atoms with Crippen LogP contribution in [-0.4, -0.2) is 53.2 Å². The van der Waals surface area contributed by atoms with Crippen molar-refractivity contribution >= 4 is 17.3 Å². The maximum Gasteiger partial charge on any atom is 0.169 e. The van der Waals surface area contributed by atoms with E-state index in [2.05, 4.69) is 29.0 Å². The third-order valence-electron chi connectivity index (χ3n) is 4.46. The van der Waals surface area contributed by atoms with Crippen molar-refractivity contribution in [3.63, 3.8) is 0 Å². The molecule has 1 atom stereocenters. The first-order valence-electron chi connectivity index (χ1n) is 7.54. The SMILES string of the molecule is CCN(CC)C1CCN(C(=S)NC2CCCC2)C1. The first-order chi connectivity index (χ1) is 8.74. The summed E-state index contributed by atoms with van der Waals surface area (Å²) < 4.78 is 0. The van der Waals surface area contributed by atoms with Gasteiger partial charge in [0.05, 0.1) is 0 Å². The van der Waals surface area contributed by atoms with E-state index < -0.39 is 0 Å². The Morgan fingerprint density at radius 3 is 2.50 bits per heavy atom. The minimum Gasteiger partial charge on any atom is -0.360 e. The summed E-state index contributed by atoms with van der Waals surface area (Å²) in [6.45, 7) is 9.04. The molecule has 0 amide bonds. The molecule has 1 heterocycles. The van der Waals surface area contributed by atoms with Crippen molar-refractivity contribution in [1.29, 1.82) is 0 Å². The van der Waals surface area contributed by atoms with Gasteiger partial charge in [-0.25, -0.2) is 0 Å². The number of hydrogen-bond acceptors (Lipinski definition) is 2. The molecule has 0 radical (unpaired) electrons. The van der Waals surface area contributed by atoms with Crippen molar-refractivity contribution < 1.29 is 0 Å². The van der Waals surface area contributed by atoms with Crippen molar-refractivity contribution in [2.75, 3.05) is 26.2 Å². The molecule has 3 nitrogen and oxygen atoms in total. The third-order valence-corrected chi connectivity index (χ3v) is 4.84. The van der Waals surface area contributed by atoms with Gasteiger partial charge >= 0.3 is 0 Å². The van der Waals surface area contributed by atoms with Gasteiger partial charge in [-0.05, 0) is 44.6 Å². The van der Waals surface area contributed by atoms with Gasteiger partial charge in [0.15, 0.2) is 5.11 Å².